The number of aromatic nitrogens is 1. The van der Waals surface area contributed by atoms with Gasteiger partial charge in [-0.2, -0.15) is 0 Å². The van der Waals surface area contributed by atoms with Gasteiger partial charge in [0.25, 0.3) is 0 Å². The zero-order valence-electron chi connectivity index (χ0n) is 13.5. The molecule has 0 saturated carbocycles. The maximum atomic E-state index is 12.2. The van der Waals surface area contributed by atoms with Gasteiger partial charge in [0, 0.05) is 12.6 Å². The van der Waals surface area contributed by atoms with E-state index in [2.05, 4.69) is 14.6 Å². The van der Waals surface area contributed by atoms with E-state index in [-0.39, 0.29) is 17.5 Å². The van der Waals surface area contributed by atoms with Crippen molar-refractivity contribution < 1.29 is 23.0 Å². The standard InChI is InChI=1S/C18H18F3N2O2/c19-18(20,21)25-16-7-4-13(5-8-16)11-14-3-1-2-10-23(14)17-9-6-15(24)12-22-17/h4-9,12,14H,1-3,10-11H2. The minimum Gasteiger partial charge on any atom is -0.406 e. The number of alkyl halides is 3. The summed E-state index contributed by atoms with van der Waals surface area (Å²) in [5.74, 6) is 0.420. The van der Waals surface area contributed by atoms with E-state index in [9.17, 15) is 18.3 Å². The monoisotopic (exact) mass is 351 g/mol. The average molecular weight is 351 g/mol. The van der Waals surface area contributed by atoms with E-state index in [0.717, 1.165) is 37.2 Å². The van der Waals surface area contributed by atoms with Gasteiger partial charge in [-0.25, -0.2) is 4.98 Å². The van der Waals surface area contributed by atoms with Crippen LogP contribution < -0.4 is 9.64 Å². The number of rotatable bonds is 4. The van der Waals surface area contributed by atoms with Gasteiger partial charge in [-0.15, -0.1) is 13.2 Å². The molecule has 2 heterocycles. The molecule has 1 aliphatic heterocycles. The van der Waals surface area contributed by atoms with Gasteiger partial charge in [0.2, 0.25) is 0 Å². The second kappa shape index (κ2) is 7.21. The molecule has 0 spiro atoms. The lowest BCUT2D eigenvalue weighted by Crippen LogP contribution is -2.41. The number of ether oxygens (including phenoxy) is 1. The molecular weight excluding hydrogens is 333 g/mol. The fourth-order valence-electron chi connectivity index (χ4n) is 3.16. The zero-order valence-corrected chi connectivity index (χ0v) is 13.5. The lowest BCUT2D eigenvalue weighted by Gasteiger charge is -2.37. The molecule has 1 fully saturated rings. The topological polar surface area (TPSA) is 45.3 Å². The van der Waals surface area contributed by atoms with Crippen LogP contribution >= 0.6 is 0 Å². The molecule has 1 aromatic carbocycles. The molecule has 0 amide bonds. The fourth-order valence-corrected chi connectivity index (χ4v) is 3.16. The summed E-state index contributed by atoms with van der Waals surface area (Å²) in [6, 6.07) is 9.40. The van der Waals surface area contributed by atoms with Crippen molar-refractivity contribution in [2.24, 2.45) is 0 Å². The summed E-state index contributed by atoms with van der Waals surface area (Å²) in [6.45, 7) is 0.852. The number of anilines is 1. The van der Waals surface area contributed by atoms with Gasteiger partial charge < -0.3 is 9.64 Å². The van der Waals surface area contributed by atoms with Gasteiger partial charge in [-0.05, 0) is 55.5 Å². The Kier molecular flexibility index (Phi) is 5.01. The third-order valence-electron chi connectivity index (χ3n) is 4.27. The summed E-state index contributed by atoms with van der Waals surface area (Å²) in [5.41, 5.74) is 0.937. The largest absolute Gasteiger partial charge is 0.573 e. The summed E-state index contributed by atoms with van der Waals surface area (Å²) in [6.07, 6.45) is 0.450. The third kappa shape index (κ3) is 4.78. The minimum absolute atomic E-state index is 0.127. The van der Waals surface area contributed by atoms with E-state index in [0.29, 0.717) is 6.42 Å². The number of piperidine rings is 1. The molecule has 1 saturated heterocycles. The number of nitrogens with zero attached hydrogens (tertiary/aromatic N) is 2. The first-order chi connectivity index (χ1) is 11.9. The maximum absolute atomic E-state index is 12.2. The Morgan fingerprint density at radius 2 is 1.88 bits per heavy atom. The molecule has 0 aliphatic carbocycles. The maximum Gasteiger partial charge on any atom is 0.573 e. The normalized spacial score (nSPS) is 18.2. The number of pyridine rings is 1. The lowest BCUT2D eigenvalue weighted by atomic mass is 9.95. The van der Waals surface area contributed by atoms with Crippen molar-refractivity contribution in [3.63, 3.8) is 0 Å². The van der Waals surface area contributed by atoms with Crippen molar-refractivity contribution >= 4 is 5.82 Å². The molecule has 3 rings (SSSR count). The highest BCUT2D eigenvalue weighted by Gasteiger charge is 2.31. The molecule has 25 heavy (non-hydrogen) atoms. The van der Waals surface area contributed by atoms with Crippen molar-refractivity contribution in [2.45, 2.75) is 38.1 Å². The van der Waals surface area contributed by atoms with Crippen LogP contribution in [-0.2, 0) is 11.5 Å². The Labute approximate surface area is 143 Å². The molecule has 1 atom stereocenters. The molecular formula is C18H18F3N2O2. The van der Waals surface area contributed by atoms with E-state index >= 15 is 0 Å². The molecule has 1 aromatic heterocycles. The van der Waals surface area contributed by atoms with Gasteiger partial charge in [-0.3, -0.25) is 5.11 Å². The quantitative estimate of drug-likeness (QED) is 0.800. The second-order valence-corrected chi connectivity index (χ2v) is 6.09. The summed E-state index contributed by atoms with van der Waals surface area (Å²) < 4.78 is 40.6. The number of hydrogen-bond acceptors (Lipinski definition) is 3. The van der Waals surface area contributed by atoms with Crippen molar-refractivity contribution in [2.75, 3.05) is 11.4 Å². The Morgan fingerprint density at radius 3 is 2.52 bits per heavy atom. The van der Waals surface area contributed by atoms with Crippen LogP contribution in [0.4, 0.5) is 19.0 Å². The number of hydrogen-bond donors (Lipinski definition) is 0. The third-order valence-corrected chi connectivity index (χ3v) is 4.27. The molecule has 7 heteroatoms. The predicted octanol–water partition coefficient (Wildman–Crippen LogP) is 4.73. The number of benzene rings is 1. The van der Waals surface area contributed by atoms with Gasteiger partial charge in [0.1, 0.15) is 11.6 Å². The summed E-state index contributed by atoms with van der Waals surface area (Å²) >= 11 is 0. The lowest BCUT2D eigenvalue weighted by molar-refractivity contribution is -0.274. The zero-order chi connectivity index (χ0) is 17.9. The highest BCUT2D eigenvalue weighted by atomic mass is 19.4. The van der Waals surface area contributed by atoms with E-state index in [1.54, 1.807) is 18.2 Å². The first-order valence-corrected chi connectivity index (χ1v) is 8.15. The summed E-state index contributed by atoms with van der Waals surface area (Å²) in [4.78, 5) is 6.39. The molecule has 1 aliphatic rings. The molecule has 2 aromatic rings. The van der Waals surface area contributed by atoms with Gasteiger partial charge in [0.15, 0.2) is 5.75 Å². The minimum atomic E-state index is -4.68. The fraction of sp³-hybridized carbons (Fsp3) is 0.389. The smallest absolute Gasteiger partial charge is 0.406 e. The predicted molar refractivity (Wildman–Crippen MR) is 86.2 cm³/mol. The van der Waals surface area contributed by atoms with Crippen molar-refractivity contribution in [1.82, 2.24) is 4.98 Å². The highest BCUT2D eigenvalue weighted by molar-refractivity contribution is 5.43. The molecule has 4 nitrogen and oxygen atoms in total. The van der Waals surface area contributed by atoms with Crippen LogP contribution in [0, 0.1) is 0 Å². The Morgan fingerprint density at radius 1 is 1.12 bits per heavy atom. The Hall–Kier alpha value is -2.44. The first-order valence-electron chi connectivity index (χ1n) is 8.15. The van der Waals surface area contributed by atoms with Crippen LogP contribution in [0.5, 0.6) is 11.5 Å². The van der Waals surface area contributed by atoms with E-state index in [4.69, 9.17) is 0 Å². The van der Waals surface area contributed by atoms with Gasteiger partial charge in [0.05, 0.1) is 6.20 Å². The SMILES string of the molecule is [O]c1ccc(N2CCCCC2Cc2ccc(OC(F)(F)F)cc2)nc1. The van der Waals surface area contributed by atoms with E-state index < -0.39 is 6.36 Å². The second-order valence-electron chi connectivity index (χ2n) is 6.09. The molecule has 0 N–H and O–H groups in total. The van der Waals surface area contributed by atoms with E-state index in [1.165, 1.54) is 24.4 Å². The van der Waals surface area contributed by atoms with Crippen molar-refractivity contribution in [1.29, 1.82) is 0 Å². The average Bonchev–Trinajstić information content (AvgIpc) is 2.57. The van der Waals surface area contributed by atoms with Gasteiger partial charge in [-0.1, -0.05) is 12.1 Å². The molecule has 133 valence electrons. The number of halogens is 3. The molecule has 1 radical (unpaired) electrons. The van der Waals surface area contributed by atoms with Crippen molar-refractivity contribution in [3.8, 4) is 11.5 Å². The van der Waals surface area contributed by atoms with Crippen LogP contribution in [0.25, 0.3) is 0 Å². The van der Waals surface area contributed by atoms with Crippen LogP contribution in [-0.4, -0.2) is 23.9 Å². The Bertz CT molecular complexity index is 687. The van der Waals surface area contributed by atoms with Crippen LogP contribution in [0.15, 0.2) is 42.6 Å². The van der Waals surface area contributed by atoms with Gasteiger partial charge >= 0.3 is 6.36 Å². The summed E-state index contributed by atoms with van der Waals surface area (Å²) in [5, 5.41) is 11.2. The van der Waals surface area contributed by atoms with E-state index in [1.807, 2.05) is 0 Å². The van der Waals surface area contributed by atoms with Crippen molar-refractivity contribution in [3.05, 3.63) is 48.2 Å². The summed E-state index contributed by atoms with van der Waals surface area (Å²) in [7, 11) is 0. The first kappa shape index (κ1) is 17.4. The molecule has 0 bridgehead atoms. The van der Waals surface area contributed by atoms with Crippen LogP contribution in [0.1, 0.15) is 24.8 Å². The van der Waals surface area contributed by atoms with Crippen LogP contribution in [0.3, 0.4) is 0 Å². The Balaban J connectivity index is 1.70. The van der Waals surface area contributed by atoms with Crippen LogP contribution in [0.2, 0.25) is 0 Å². The highest BCUT2D eigenvalue weighted by Crippen LogP contribution is 2.28. The molecule has 1 unspecified atom stereocenters.